The molecule has 1 atom stereocenters. The highest BCUT2D eigenvalue weighted by Gasteiger charge is 2.37. The summed E-state index contributed by atoms with van der Waals surface area (Å²) in [5.41, 5.74) is 2.77. The van der Waals surface area contributed by atoms with E-state index in [4.69, 9.17) is 9.47 Å². The Morgan fingerprint density at radius 2 is 2.22 bits per heavy atom. The average Bonchev–Trinajstić information content (AvgIpc) is 2.38. The third-order valence-electron chi connectivity index (χ3n) is 4.34. The summed E-state index contributed by atoms with van der Waals surface area (Å²) >= 11 is 0. The molecule has 1 heterocycles. The van der Waals surface area contributed by atoms with Crippen LogP contribution in [0.4, 0.5) is 0 Å². The normalized spacial score (nSPS) is 25.3. The molecule has 98 valence electrons. The predicted octanol–water partition coefficient (Wildman–Crippen LogP) is 2.42. The lowest BCUT2D eigenvalue weighted by atomic mass is 9.79. The zero-order chi connectivity index (χ0) is 12.4. The van der Waals surface area contributed by atoms with Crippen LogP contribution in [0, 0.1) is 0 Å². The van der Waals surface area contributed by atoms with Gasteiger partial charge in [-0.3, -0.25) is 0 Å². The van der Waals surface area contributed by atoms with E-state index in [1.165, 1.54) is 30.4 Å². The molecule has 1 unspecified atom stereocenters. The van der Waals surface area contributed by atoms with Crippen molar-refractivity contribution in [2.75, 3.05) is 20.3 Å². The number of methoxy groups -OCH3 is 1. The van der Waals surface area contributed by atoms with Crippen LogP contribution in [0.15, 0.2) is 24.3 Å². The van der Waals surface area contributed by atoms with Crippen LogP contribution in [0.25, 0.3) is 0 Å². The number of hydrogen-bond donors (Lipinski definition) is 1. The highest BCUT2D eigenvalue weighted by atomic mass is 16.5. The van der Waals surface area contributed by atoms with Crippen molar-refractivity contribution in [2.45, 2.75) is 37.5 Å². The fourth-order valence-electron chi connectivity index (χ4n) is 2.88. The van der Waals surface area contributed by atoms with Crippen LogP contribution in [-0.2, 0) is 16.1 Å². The fraction of sp³-hybridized carbons (Fsp3) is 0.600. The first-order chi connectivity index (χ1) is 8.83. The molecule has 1 saturated carbocycles. The topological polar surface area (TPSA) is 30.5 Å². The third-order valence-corrected chi connectivity index (χ3v) is 4.34. The molecule has 1 aliphatic carbocycles. The van der Waals surface area contributed by atoms with Crippen LogP contribution >= 0.6 is 0 Å². The van der Waals surface area contributed by atoms with E-state index in [9.17, 15) is 0 Å². The van der Waals surface area contributed by atoms with Crippen LogP contribution in [0.5, 0.6) is 0 Å². The van der Waals surface area contributed by atoms with E-state index in [-0.39, 0.29) is 5.60 Å². The van der Waals surface area contributed by atoms with Crippen LogP contribution in [0.2, 0.25) is 0 Å². The van der Waals surface area contributed by atoms with E-state index in [2.05, 4.69) is 29.6 Å². The Balaban J connectivity index is 1.67. The van der Waals surface area contributed by atoms with Gasteiger partial charge in [0, 0.05) is 13.7 Å². The van der Waals surface area contributed by atoms with E-state index < -0.39 is 0 Å². The molecule has 0 spiro atoms. The van der Waals surface area contributed by atoms with Crippen molar-refractivity contribution in [3.8, 4) is 0 Å². The van der Waals surface area contributed by atoms with Gasteiger partial charge in [0.25, 0.3) is 0 Å². The number of rotatable bonds is 4. The van der Waals surface area contributed by atoms with Crippen molar-refractivity contribution >= 4 is 0 Å². The van der Waals surface area contributed by atoms with E-state index >= 15 is 0 Å². The van der Waals surface area contributed by atoms with Crippen molar-refractivity contribution in [1.82, 2.24) is 5.32 Å². The number of ether oxygens (including phenoxy) is 2. The molecule has 1 aromatic carbocycles. The molecule has 2 aliphatic rings. The molecule has 0 radical (unpaired) electrons. The lowest BCUT2D eigenvalue weighted by molar-refractivity contribution is -0.0730. The lowest BCUT2D eigenvalue weighted by Gasteiger charge is -2.42. The van der Waals surface area contributed by atoms with Crippen LogP contribution < -0.4 is 5.32 Å². The van der Waals surface area contributed by atoms with Gasteiger partial charge >= 0.3 is 0 Å². The van der Waals surface area contributed by atoms with Gasteiger partial charge in [-0.15, -0.1) is 0 Å². The predicted molar refractivity (Wildman–Crippen MR) is 70.4 cm³/mol. The second-order valence-electron chi connectivity index (χ2n) is 5.39. The molecule has 18 heavy (non-hydrogen) atoms. The van der Waals surface area contributed by atoms with E-state index in [1.807, 2.05) is 7.11 Å². The largest absolute Gasteiger partial charge is 0.377 e. The summed E-state index contributed by atoms with van der Waals surface area (Å²) in [7, 11) is 1.83. The first kappa shape index (κ1) is 12.2. The Hall–Kier alpha value is -0.900. The Morgan fingerprint density at radius 1 is 1.39 bits per heavy atom. The molecular formula is C15H21NO2. The van der Waals surface area contributed by atoms with Gasteiger partial charge in [-0.25, -0.2) is 0 Å². The van der Waals surface area contributed by atoms with Crippen molar-refractivity contribution < 1.29 is 9.47 Å². The van der Waals surface area contributed by atoms with Crippen molar-refractivity contribution in [1.29, 1.82) is 0 Å². The molecule has 0 bridgehead atoms. The second kappa shape index (κ2) is 5.00. The average molecular weight is 247 g/mol. The van der Waals surface area contributed by atoms with E-state index in [1.54, 1.807) is 0 Å². The van der Waals surface area contributed by atoms with Gasteiger partial charge in [-0.2, -0.15) is 0 Å². The first-order valence-corrected chi connectivity index (χ1v) is 6.77. The third kappa shape index (κ3) is 2.18. The molecule has 1 N–H and O–H groups in total. The summed E-state index contributed by atoms with van der Waals surface area (Å²) in [5.74, 6) is 0. The molecular weight excluding hydrogens is 226 g/mol. The molecule has 3 heteroatoms. The molecule has 0 amide bonds. The maximum absolute atomic E-state index is 5.66. The summed E-state index contributed by atoms with van der Waals surface area (Å²) in [5, 5.41) is 3.62. The smallest absolute Gasteiger partial charge is 0.0802 e. The first-order valence-electron chi connectivity index (χ1n) is 6.77. The highest BCUT2D eigenvalue weighted by molar-refractivity contribution is 5.31. The number of hydrogen-bond acceptors (Lipinski definition) is 3. The summed E-state index contributed by atoms with van der Waals surface area (Å²) in [6, 6.07) is 8.85. The molecule has 0 aromatic heterocycles. The molecule has 1 aromatic rings. The number of benzene rings is 1. The van der Waals surface area contributed by atoms with E-state index in [0.717, 1.165) is 19.8 Å². The zero-order valence-electron chi connectivity index (χ0n) is 10.9. The highest BCUT2D eigenvalue weighted by Crippen LogP contribution is 2.35. The van der Waals surface area contributed by atoms with Crippen molar-refractivity contribution in [3.05, 3.63) is 35.4 Å². The van der Waals surface area contributed by atoms with Gasteiger partial charge in [0.05, 0.1) is 24.9 Å². The number of nitrogens with one attached hydrogen (secondary N) is 1. The minimum atomic E-state index is 0.0758. The summed E-state index contributed by atoms with van der Waals surface area (Å²) in [4.78, 5) is 0. The quantitative estimate of drug-likeness (QED) is 0.886. The minimum Gasteiger partial charge on any atom is -0.377 e. The Labute approximate surface area is 108 Å². The van der Waals surface area contributed by atoms with Gasteiger partial charge < -0.3 is 14.8 Å². The van der Waals surface area contributed by atoms with Crippen molar-refractivity contribution in [2.24, 2.45) is 0 Å². The maximum Gasteiger partial charge on any atom is 0.0802 e. The van der Waals surface area contributed by atoms with Gasteiger partial charge in [0.1, 0.15) is 0 Å². The standard InChI is InChI=1S/C15H21NO2/c1-17-15(7-4-8-15)11-16-14-10-18-9-12-5-2-3-6-13(12)14/h2-3,5-6,14,16H,4,7-11H2,1H3. The molecule has 1 aliphatic heterocycles. The molecule has 3 rings (SSSR count). The van der Waals surface area contributed by atoms with E-state index in [0.29, 0.717) is 6.04 Å². The van der Waals surface area contributed by atoms with Gasteiger partial charge in [-0.05, 0) is 30.4 Å². The fourth-order valence-corrected chi connectivity index (χ4v) is 2.88. The Kier molecular flexibility index (Phi) is 3.37. The van der Waals surface area contributed by atoms with Gasteiger partial charge in [0.2, 0.25) is 0 Å². The van der Waals surface area contributed by atoms with Crippen molar-refractivity contribution in [3.63, 3.8) is 0 Å². The monoisotopic (exact) mass is 247 g/mol. The maximum atomic E-state index is 5.66. The molecule has 1 fully saturated rings. The molecule has 0 saturated heterocycles. The zero-order valence-corrected chi connectivity index (χ0v) is 10.9. The van der Waals surface area contributed by atoms with Crippen LogP contribution in [0.1, 0.15) is 36.4 Å². The second-order valence-corrected chi connectivity index (χ2v) is 5.39. The minimum absolute atomic E-state index is 0.0758. The summed E-state index contributed by atoms with van der Waals surface area (Å²) < 4.78 is 11.3. The lowest BCUT2D eigenvalue weighted by Crippen LogP contribution is -2.49. The Bertz CT molecular complexity index is 409. The van der Waals surface area contributed by atoms with Crippen LogP contribution in [-0.4, -0.2) is 25.9 Å². The van der Waals surface area contributed by atoms with Gasteiger partial charge in [0.15, 0.2) is 0 Å². The van der Waals surface area contributed by atoms with Gasteiger partial charge in [-0.1, -0.05) is 24.3 Å². The summed E-state index contributed by atoms with van der Waals surface area (Å²) in [6.07, 6.45) is 3.63. The SMILES string of the molecule is COC1(CNC2COCc3ccccc32)CCC1. The summed E-state index contributed by atoms with van der Waals surface area (Å²) in [6.45, 7) is 2.42. The van der Waals surface area contributed by atoms with Crippen LogP contribution in [0.3, 0.4) is 0 Å². The molecule has 3 nitrogen and oxygen atoms in total. The number of fused-ring (bicyclic) bond motifs is 1. The Morgan fingerprint density at radius 3 is 2.94 bits per heavy atom.